The Kier molecular flexibility index (Phi) is 8.60. The van der Waals surface area contributed by atoms with E-state index in [4.69, 9.17) is 23.2 Å². The van der Waals surface area contributed by atoms with Gasteiger partial charge in [-0.15, -0.1) is 10.2 Å². The molecule has 2 aromatic carbocycles. The van der Waals surface area contributed by atoms with Gasteiger partial charge in [0.1, 0.15) is 18.1 Å². The number of carbonyl (C=O) groups is 2. The number of alkyl halides is 3. The van der Waals surface area contributed by atoms with Gasteiger partial charge in [0.2, 0.25) is 0 Å². The van der Waals surface area contributed by atoms with Crippen molar-refractivity contribution < 1.29 is 27.2 Å². The lowest BCUT2D eigenvalue weighted by Crippen LogP contribution is -2.26. The van der Waals surface area contributed by atoms with Gasteiger partial charge in [0, 0.05) is 17.8 Å². The summed E-state index contributed by atoms with van der Waals surface area (Å²) in [6, 6.07) is 12.9. The summed E-state index contributed by atoms with van der Waals surface area (Å²) >= 11 is 12.5. The molecule has 0 bridgehead atoms. The lowest BCUT2D eigenvalue weighted by atomic mass is 10.1. The van der Waals surface area contributed by atoms with E-state index in [1.807, 2.05) is 0 Å². The zero-order valence-corrected chi connectivity index (χ0v) is 23.9. The van der Waals surface area contributed by atoms with Gasteiger partial charge in [0.25, 0.3) is 17.6 Å². The second kappa shape index (κ2) is 12.4. The van der Waals surface area contributed by atoms with E-state index >= 15 is 0 Å². The molecule has 17 heteroatoms. The molecule has 0 saturated carbocycles. The van der Waals surface area contributed by atoms with Gasteiger partial charge in [-0.2, -0.15) is 23.1 Å². The Balaban J connectivity index is 1.47. The fourth-order valence-corrected chi connectivity index (χ4v) is 4.60. The highest BCUT2D eigenvalue weighted by Gasteiger charge is 2.37. The Hall–Kier alpha value is -4.89. The highest BCUT2D eigenvalue weighted by Crippen LogP contribution is 2.28. The first kappa shape index (κ1) is 30.6. The first-order valence-corrected chi connectivity index (χ1v) is 13.3. The Morgan fingerprint density at radius 3 is 2.50 bits per heavy atom. The molecule has 5 rings (SSSR count). The van der Waals surface area contributed by atoms with Crippen molar-refractivity contribution in [1.82, 2.24) is 40.3 Å². The summed E-state index contributed by atoms with van der Waals surface area (Å²) < 4.78 is 53.6. The van der Waals surface area contributed by atoms with Crippen LogP contribution in [-0.2, 0) is 19.3 Å². The van der Waals surface area contributed by atoms with E-state index in [1.54, 1.807) is 19.1 Å². The molecule has 44 heavy (non-hydrogen) atoms. The zero-order valence-electron chi connectivity index (χ0n) is 22.4. The molecule has 0 radical (unpaired) electrons. The molecule has 0 aliphatic carbocycles. The van der Waals surface area contributed by atoms with Crippen molar-refractivity contribution in [3.05, 3.63) is 111 Å². The van der Waals surface area contributed by atoms with Crippen LogP contribution in [0.4, 0.5) is 23.2 Å². The van der Waals surface area contributed by atoms with Crippen LogP contribution in [0.2, 0.25) is 10.0 Å². The van der Waals surface area contributed by atoms with Gasteiger partial charge >= 0.3 is 6.18 Å². The van der Waals surface area contributed by atoms with Crippen LogP contribution >= 0.6 is 23.2 Å². The second-order valence-corrected chi connectivity index (χ2v) is 10.1. The monoisotopic (exact) mass is 647 g/mol. The van der Waals surface area contributed by atoms with Crippen molar-refractivity contribution in [3.8, 4) is 5.82 Å². The number of benzene rings is 2. The normalized spacial score (nSPS) is 11.4. The van der Waals surface area contributed by atoms with Crippen LogP contribution in [0.25, 0.3) is 5.82 Å². The maximum atomic E-state index is 13.7. The van der Waals surface area contributed by atoms with Crippen molar-refractivity contribution in [2.24, 2.45) is 0 Å². The number of hydrogen-bond donors (Lipinski definition) is 2. The lowest BCUT2D eigenvalue weighted by molar-refractivity contribution is -0.145. The number of tetrazole rings is 1. The molecule has 2 amide bonds. The van der Waals surface area contributed by atoms with Gasteiger partial charge in [-0.3, -0.25) is 9.59 Å². The van der Waals surface area contributed by atoms with Crippen LogP contribution in [0.15, 0.2) is 60.8 Å². The summed E-state index contributed by atoms with van der Waals surface area (Å²) in [5.74, 6) is -3.22. The molecule has 0 saturated heterocycles. The lowest BCUT2D eigenvalue weighted by Gasteiger charge is -2.15. The number of anilines is 1. The van der Waals surface area contributed by atoms with Gasteiger partial charge in [-0.05, 0) is 65.7 Å². The molecule has 3 heterocycles. The highest BCUT2D eigenvalue weighted by molar-refractivity contribution is 6.32. The molecule has 0 fully saturated rings. The van der Waals surface area contributed by atoms with Crippen molar-refractivity contribution in [1.29, 1.82) is 0 Å². The SMILES string of the molecule is Cc1cc(Cl)cc(C(=O)NCc2cccc(F)c2)c1NC(=O)c1cc(Cn2nnc(C(F)(F)F)n2)nn1-c1ncccc1Cl. The summed E-state index contributed by atoms with van der Waals surface area (Å²) in [5.41, 5.74) is 1.03. The maximum Gasteiger partial charge on any atom is 0.455 e. The summed E-state index contributed by atoms with van der Waals surface area (Å²) in [5, 5.41) is 19.7. The minimum absolute atomic E-state index is 0.00375. The van der Waals surface area contributed by atoms with Crippen LogP contribution in [0.1, 0.15) is 43.5 Å². The van der Waals surface area contributed by atoms with E-state index in [0.29, 0.717) is 15.9 Å². The molecule has 11 nitrogen and oxygen atoms in total. The third-order valence-corrected chi connectivity index (χ3v) is 6.58. The Morgan fingerprint density at radius 1 is 1.00 bits per heavy atom. The largest absolute Gasteiger partial charge is 0.455 e. The number of nitrogens with one attached hydrogen (secondary N) is 2. The highest BCUT2D eigenvalue weighted by atomic mass is 35.5. The molecule has 0 unspecified atom stereocenters. The number of aryl methyl sites for hydroxylation is 1. The minimum atomic E-state index is -4.80. The first-order chi connectivity index (χ1) is 20.9. The zero-order chi connectivity index (χ0) is 31.6. The number of aromatic nitrogens is 7. The molecule has 5 aromatic rings. The Bertz CT molecular complexity index is 1870. The van der Waals surface area contributed by atoms with Gasteiger partial charge < -0.3 is 10.6 Å². The topological polar surface area (TPSA) is 133 Å². The van der Waals surface area contributed by atoms with Gasteiger partial charge in [0.15, 0.2) is 5.82 Å². The van der Waals surface area contributed by atoms with E-state index in [9.17, 15) is 27.2 Å². The predicted molar refractivity (Wildman–Crippen MR) is 150 cm³/mol. The van der Waals surface area contributed by atoms with Crippen molar-refractivity contribution in [2.45, 2.75) is 26.2 Å². The minimum Gasteiger partial charge on any atom is -0.348 e. The molecule has 2 N–H and O–H groups in total. The molecule has 0 aliphatic heterocycles. The molecular formula is C27H19Cl2F4N9O2. The number of carbonyl (C=O) groups excluding carboxylic acids is 2. The second-order valence-electron chi connectivity index (χ2n) is 9.29. The number of pyridine rings is 1. The number of amides is 2. The summed E-state index contributed by atoms with van der Waals surface area (Å²) in [4.78, 5) is 31.7. The third kappa shape index (κ3) is 6.84. The number of hydrogen-bond acceptors (Lipinski definition) is 7. The van der Waals surface area contributed by atoms with Gasteiger partial charge in [-0.1, -0.05) is 35.3 Å². The van der Waals surface area contributed by atoms with Crippen molar-refractivity contribution in [3.63, 3.8) is 0 Å². The molecule has 0 spiro atoms. The molecule has 226 valence electrons. The van der Waals surface area contributed by atoms with Gasteiger partial charge in [0.05, 0.1) is 22.0 Å². The van der Waals surface area contributed by atoms with Crippen molar-refractivity contribution in [2.75, 3.05) is 5.32 Å². The number of nitrogens with zero attached hydrogens (tertiary/aromatic N) is 7. The molecule has 3 aromatic heterocycles. The van der Waals surface area contributed by atoms with Crippen LogP contribution < -0.4 is 10.6 Å². The maximum absolute atomic E-state index is 13.7. The third-order valence-electron chi connectivity index (χ3n) is 6.07. The average Bonchev–Trinajstić information content (AvgIpc) is 3.61. The summed E-state index contributed by atoms with van der Waals surface area (Å²) in [7, 11) is 0. The quantitative estimate of drug-likeness (QED) is 0.220. The predicted octanol–water partition coefficient (Wildman–Crippen LogP) is 5.26. The number of rotatable bonds is 8. The summed E-state index contributed by atoms with van der Waals surface area (Å²) in [6.07, 6.45) is -3.40. The van der Waals surface area contributed by atoms with E-state index < -0.39 is 29.6 Å². The van der Waals surface area contributed by atoms with E-state index in [-0.39, 0.29) is 51.6 Å². The average molecular weight is 648 g/mol. The van der Waals surface area contributed by atoms with Crippen LogP contribution in [-0.4, -0.2) is 46.8 Å². The standard InChI is InChI=1S/C27H19Cl2F4N9O2/c1-14-8-16(28)10-19(24(43)35-12-15-4-2-5-17(30)9-15)22(14)36-25(44)21-11-18(13-41-39-26(37-40-41)27(31,32)33)38-42(21)23-20(29)6-3-7-34-23/h2-11H,12-13H2,1H3,(H,35,43)(H,36,44). The van der Waals surface area contributed by atoms with E-state index in [0.717, 1.165) is 4.68 Å². The fourth-order valence-electron chi connectivity index (χ4n) is 4.12. The molecular weight excluding hydrogens is 629 g/mol. The first-order valence-electron chi connectivity index (χ1n) is 12.6. The smallest absolute Gasteiger partial charge is 0.348 e. The Morgan fingerprint density at radius 2 is 1.80 bits per heavy atom. The molecule has 0 aliphatic rings. The van der Waals surface area contributed by atoms with E-state index in [2.05, 4.69) is 36.1 Å². The van der Waals surface area contributed by atoms with Crippen LogP contribution in [0.3, 0.4) is 0 Å². The van der Waals surface area contributed by atoms with Crippen LogP contribution in [0, 0.1) is 12.7 Å². The van der Waals surface area contributed by atoms with Crippen LogP contribution in [0.5, 0.6) is 0 Å². The number of halogens is 6. The fraction of sp³-hybridized carbons (Fsp3) is 0.148. The molecule has 0 atom stereocenters. The Labute approximate surface area is 255 Å². The summed E-state index contributed by atoms with van der Waals surface area (Å²) in [6.45, 7) is 1.24. The van der Waals surface area contributed by atoms with Gasteiger partial charge in [-0.25, -0.2) is 14.1 Å². The van der Waals surface area contributed by atoms with E-state index in [1.165, 1.54) is 48.7 Å². The van der Waals surface area contributed by atoms with Crippen molar-refractivity contribution >= 4 is 40.7 Å².